The van der Waals surface area contributed by atoms with Gasteiger partial charge in [0.1, 0.15) is 0 Å². The molecule has 1 aromatic heterocycles. The Labute approximate surface area is 119 Å². The number of nitrogens with one attached hydrogen (secondary N) is 1. The van der Waals surface area contributed by atoms with Crippen molar-refractivity contribution in [2.24, 2.45) is 7.05 Å². The lowest BCUT2D eigenvalue weighted by Crippen LogP contribution is -2.18. The Morgan fingerprint density at radius 3 is 2.50 bits per heavy atom. The molecule has 0 aliphatic heterocycles. The van der Waals surface area contributed by atoms with E-state index in [-0.39, 0.29) is 6.04 Å². The molecule has 0 saturated heterocycles. The molecular formula is C17H19N3. The van der Waals surface area contributed by atoms with Crippen LogP contribution < -0.4 is 5.32 Å². The first kappa shape index (κ1) is 12.9. The van der Waals surface area contributed by atoms with E-state index in [9.17, 15) is 0 Å². The predicted molar refractivity (Wildman–Crippen MR) is 82.8 cm³/mol. The van der Waals surface area contributed by atoms with Crippen molar-refractivity contribution in [1.29, 1.82) is 0 Å². The summed E-state index contributed by atoms with van der Waals surface area (Å²) in [6.45, 7) is 2.11. The SMILES string of the molecule is CNC(c1cnn(C)c1C)c1cccc2ccccc12. The second kappa shape index (κ2) is 5.10. The van der Waals surface area contributed by atoms with Gasteiger partial charge >= 0.3 is 0 Å². The van der Waals surface area contributed by atoms with Crippen LogP contribution in [-0.4, -0.2) is 16.8 Å². The zero-order chi connectivity index (χ0) is 14.1. The van der Waals surface area contributed by atoms with Crippen LogP contribution in [0.25, 0.3) is 10.8 Å². The first-order valence-electron chi connectivity index (χ1n) is 6.86. The molecule has 3 aromatic rings. The molecule has 0 amide bonds. The van der Waals surface area contributed by atoms with Crippen molar-refractivity contribution in [3.8, 4) is 0 Å². The lowest BCUT2D eigenvalue weighted by molar-refractivity contribution is 0.683. The Bertz CT molecular complexity index is 738. The molecule has 1 N–H and O–H groups in total. The number of hydrogen-bond donors (Lipinski definition) is 1. The van der Waals surface area contributed by atoms with Crippen LogP contribution in [0.5, 0.6) is 0 Å². The van der Waals surface area contributed by atoms with E-state index in [2.05, 4.69) is 59.8 Å². The maximum Gasteiger partial charge on any atom is 0.0614 e. The zero-order valence-corrected chi connectivity index (χ0v) is 12.1. The summed E-state index contributed by atoms with van der Waals surface area (Å²) in [5.74, 6) is 0. The van der Waals surface area contributed by atoms with Gasteiger partial charge in [-0.25, -0.2) is 0 Å². The summed E-state index contributed by atoms with van der Waals surface area (Å²) < 4.78 is 1.92. The van der Waals surface area contributed by atoms with Crippen molar-refractivity contribution in [2.45, 2.75) is 13.0 Å². The van der Waals surface area contributed by atoms with E-state index < -0.39 is 0 Å². The Morgan fingerprint density at radius 2 is 1.80 bits per heavy atom. The molecule has 0 fully saturated rings. The summed E-state index contributed by atoms with van der Waals surface area (Å²) >= 11 is 0. The van der Waals surface area contributed by atoms with Crippen molar-refractivity contribution in [3.63, 3.8) is 0 Å². The largest absolute Gasteiger partial charge is 0.309 e. The Kier molecular flexibility index (Phi) is 3.28. The highest BCUT2D eigenvalue weighted by atomic mass is 15.3. The van der Waals surface area contributed by atoms with E-state index >= 15 is 0 Å². The second-order valence-corrected chi connectivity index (χ2v) is 5.10. The second-order valence-electron chi connectivity index (χ2n) is 5.10. The Balaban J connectivity index is 2.19. The lowest BCUT2D eigenvalue weighted by Gasteiger charge is -2.18. The molecule has 0 spiro atoms. The normalized spacial score (nSPS) is 12.8. The first-order chi connectivity index (χ1) is 9.72. The third-order valence-corrected chi connectivity index (χ3v) is 4.01. The average Bonchev–Trinajstić information content (AvgIpc) is 2.81. The van der Waals surface area contributed by atoms with E-state index in [0.29, 0.717) is 0 Å². The van der Waals surface area contributed by atoms with E-state index in [1.54, 1.807) is 0 Å². The van der Waals surface area contributed by atoms with Gasteiger partial charge in [-0.2, -0.15) is 5.10 Å². The molecule has 3 nitrogen and oxygen atoms in total. The van der Waals surface area contributed by atoms with Gasteiger partial charge in [-0.15, -0.1) is 0 Å². The van der Waals surface area contributed by atoms with Crippen LogP contribution in [0.4, 0.5) is 0 Å². The summed E-state index contributed by atoms with van der Waals surface area (Å²) in [4.78, 5) is 0. The van der Waals surface area contributed by atoms with Gasteiger partial charge in [0, 0.05) is 18.3 Å². The van der Waals surface area contributed by atoms with Gasteiger partial charge in [-0.3, -0.25) is 4.68 Å². The van der Waals surface area contributed by atoms with Crippen molar-refractivity contribution < 1.29 is 0 Å². The molecule has 2 aromatic carbocycles. The van der Waals surface area contributed by atoms with E-state index in [1.165, 1.54) is 27.6 Å². The first-order valence-corrected chi connectivity index (χ1v) is 6.86. The van der Waals surface area contributed by atoms with E-state index in [4.69, 9.17) is 0 Å². The summed E-state index contributed by atoms with van der Waals surface area (Å²) in [6, 6.07) is 15.1. The number of nitrogens with zero attached hydrogens (tertiary/aromatic N) is 2. The number of fused-ring (bicyclic) bond motifs is 1. The highest BCUT2D eigenvalue weighted by Crippen LogP contribution is 2.30. The third kappa shape index (κ3) is 2.00. The molecule has 102 valence electrons. The molecule has 0 aliphatic carbocycles. The van der Waals surface area contributed by atoms with Crippen LogP contribution in [0.1, 0.15) is 22.9 Å². The van der Waals surface area contributed by atoms with Crippen molar-refractivity contribution in [2.75, 3.05) is 7.05 Å². The molecule has 0 aliphatic rings. The smallest absolute Gasteiger partial charge is 0.0614 e. The Morgan fingerprint density at radius 1 is 1.05 bits per heavy atom. The minimum atomic E-state index is 0.162. The summed E-state index contributed by atoms with van der Waals surface area (Å²) in [5.41, 5.74) is 3.71. The minimum absolute atomic E-state index is 0.162. The summed E-state index contributed by atoms with van der Waals surface area (Å²) in [5, 5.41) is 10.4. The van der Waals surface area contributed by atoms with Crippen molar-refractivity contribution >= 4 is 10.8 Å². The summed E-state index contributed by atoms with van der Waals surface area (Å²) in [6.07, 6.45) is 1.96. The van der Waals surface area contributed by atoms with Gasteiger partial charge in [0.25, 0.3) is 0 Å². The topological polar surface area (TPSA) is 29.9 Å². The number of aromatic nitrogens is 2. The van der Waals surface area contributed by atoms with Crippen LogP contribution in [0, 0.1) is 6.92 Å². The number of benzene rings is 2. The van der Waals surface area contributed by atoms with Gasteiger partial charge in [-0.1, -0.05) is 42.5 Å². The zero-order valence-electron chi connectivity index (χ0n) is 12.1. The van der Waals surface area contributed by atoms with Crippen LogP contribution in [-0.2, 0) is 7.05 Å². The molecule has 3 rings (SSSR count). The number of aryl methyl sites for hydroxylation is 1. The molecule has 1 atom stereocenters. The van der Waals surface area contributed by atoms with Gasteiger partial charge in [0.2, 0.25) is 0 Å². The Hall–Kier alpha value is -2.13. The highest BCUT2D eigenvalue weighted by molar-refractivity contribution is 5.86. The molecule has 1 heterocycles. The number of hydrogen-bond acceptors (Lipinski definition) is 2. The molecule has 0 bridgehead atoms. The average molecular weight is 265 g/mol. The van der Waals surface area contributed by atoms with Gasteiger partial charge in [0.05, 0.1) is 12.2 Å². The predicted octanol–water partition coefficient (Wildman–Crippen LogP) is 3.19. The fourth-order valence-corrected chi connectivity index (χ4v) is 2.78. The molecule has 20 heavy (non-hydrogen) atoms. The molecule has 1 unspecified atom stereocenters. The molecule has 0 saturated carbocycles. The lowest BCUT2D eigenvalue weighted by atomic mass is 9.94. The van der Waals surface area contributed by atoms with E-state index in [0.717, 1.165) is 0 Å². The molecular weight excluding hydrogens is 246 g/mol. The van der Waals surface area contributed by atoms with E-state index in [1.807, 2.05) is 25.0 Å². The van der Waals surface area contributed by atoms with Crippen LogP contribution in [0.3, 0.4) is 0 Å². The maximum atomic E-state index is 4.37. The molecule has 0 radical (unpaired) electrons. The standard InChI is InChI=1S/C17H19N3/c1-12-16(11-19-20(12)3)17(18-2)15-10-6-8-13-7-4-5-9-14(13)15/h4-11,17-18H,1-3H3. The van der Waals surface area contributed by atoms with Gasteiger partial charge in [-0.05, 0) is 30.3 Å². The van der Waals surface area contributed by atoms with Crippen molar-refractivity contribution in [1.82, 2.24) is 15.1 Å². The van der Waals surface area contributed by atoms with Gasteiger partial charge < -0.3 is 5.32 Å². The third-order valence-electron chi connectivity index (χ3n) is 4.01. The quantitative estimate of drug-likeness (QED) is 0.788. The minimum Gasteiger partial charge on any atom is -0.309 e. The number of rotatable bonds is 3. The fraction of sp³-hybridized carbons (Fsp3) is 0.235. The monoisotopic (exact) mass is 265 g/mol. The van der Waals surface area contributed by atoms with Crippen LogP contribution in [0.15, 0.2) is 48.7 Å². The maximum absolute atomic E-state index is 4.37. The fourth-order valence-electron chi connectivity index (χ4n) is 2.78. The summed E-state index contributed by atoms with van der Waals surface area (Å²) in [7, 11) is 3.98. The van der Waals surface area contributed by atoms with Crippen LogP contribution in [0.2, 0.25) is 0 Å². The van der Waals surface area contributed by atoms with Crippen LogP contribution >= 0.6 is 0 Å². The molecule has 3 heteroatoms. The van der Waals surface area contributed by atoms with Crippen molar-refractivity contribution in [3.05, 3.63) is 65.5 Å². The van der Waals surface area contributed by atoms with Gasteiger partial charge in [0.15, 0.2) is 0 Å². The highest BCUT2D eigenvalue weighted by Gasteiger charge is 2.18.